The maximum atomic E-state index is 12.2. The van der Waals surface area contributed by atoms with Crippen molar-refractivity contribution in [3.63, 3.8) is 0 Å². The molecule has 0 aliphatic rings. The number of nitrogen functional groups attached to an aromatic ring is 1. The van der Waals surface area contributed by atoms with Crippen molar-refractivity contribution >= 4 is 27.1 Å². The van der Waals surface area contributed by atoms with Gasteiger partial charge in [-0.05, 0) is 30.2 Å². The molecule has 100 valence electrons. The molecule has 2 N–H and O–H groups in total. The van der Waals surface area contributed by atoms with Gasteiger partial charge in [0.25, 0.3) is 0 Å². The van der Waals surface area contributed by atoms with Gasteiger partial charge in [0.2, 0.25) is 0 Å². The van der Waals surface area contributed by atoms with E-state index in [2.05, 4.69) is 0 Å². The van der Waals surface area contributed by atoms with Crippen molar-refractivity contribution in [3.8, 4) is 0 Å². The molecule has 0 aliphatic heterocycles. The van der Waals surface area contributed by atoms with Crippen molar-refractivity contribution in [3.05, 3.63) is 59.1 Å². The summed E-state index contributed by atoms with van der Waals surface area (Å²) in [4.78, 5) is 0.102. The third-order valence-electron chi connectivity index (χ3n) is 2.79. The molecule has 0 saturated heterocycles. The molecule has 0 heterocycles. The molecule has 2 aromatic rings. The van der Waals surface area contributed by atoms with Gasteiger partial charge in [-0.15, -0.1) is 0 Å². The summed E-state index contributed by atoms with van der Waals surface area (Å²) in [6.45, 7) is 0. The lowest BCUT2D eigenvalue weighted by Crippen LogP contribution is -2.10. The smallest absolute Gasteiger partial charge is 0.180 e. The molecule has 0 spiro atoms. The summed E-state index contributed by atoms with van der Waals surface area (Å²) in [5.41, 5.74) is 6.98. The van der Waals surface area contributed by atoms with Crippen LogP contribution in [-0.4, -0.2) is 14.2 Å². The second-order valence-electron chi connectivity index (χ2n) is 4.24. The molecule has 5 heteroatoms. The average molecular weight is 296 g/mol. The molecule has 0 amide bonds. The van der Waals surface area contributed by atoms with Crippen LogP contribution in [0.15, 0.2) is 53.4 Å². The predicted octanol–water partition coefficient (Wildman–Crippen LogP) is 2.94. The number of sulfone groups is 1. The van der Waals surface area contributed by atoms with Crippen LogP contribution in [0.2, 0.25) is 5.02 Å². The van der Waals surface area contributed by atoms with E-state index in [4.69, 9.17) is 17.3 Å². The minimum atomic E-state index is -3.42. The summed E-state index contributed by atoms with van der Waals surface area (Å²) in [7, 11) is -3.42. The normalized spacial score (nSPS) is 11.4. The summed E-state index contributed by atoms with van der Waals surface area (Å²) >= 11 is 5.93. The van der Waals surface area contributed by atoms with Crippen molar-refractivity contribution in [2.45, 2.75) is 11.3 Å². The Morgan fingerprint density at radius 1 is 1.05 bits per heavy atom. The number of halogens is 1. The van der Waals surface area contributed by atoms with Crippen LogP contribution in [0.1, 0.15) is 5.56 Å². The molecule has 0 saturated carbocycles. The Morgan fingerprint density at radius 3 is 2.42 bits per heavy atom. The summed E-state index contributed by atoms with van der Waals surface area (Å²) in [5.74, 6) is 0.0141. The van der Waals surface area contributed by atoms with E-state index in [-0.39, 0.29) is 15.7 Å². The van der Waals surface area contributed by atoms with E-state index in [0.29, 0.717) is 12.1 Å². The second-order valence-corrected chi connectivity index (χ2v) is 6.73. The monoisotopic (exact) mass is 295 g/mol. The Bertz CT molecular complexity index is 669. The third-order valence-corrected chi connectivity index (χ3v) is 4.98. The zero-order chi connectivity index (χ0) is 13.9. The van der Waals surface area contributed by atoms with E-state index in [9.17, 15) is 8.42 Å². The molecule has 0 radical (unpaired) electrons. The number of aryl methyl sites for hydroxylation is 1. The van der Waals surface area contributed by atoms with Gasteiger partial charge in [-0.3, -0.25) is 0 Å². The summed E-state index contributed by atoms with van der Waals surface area (Å²) in [5, 5.41) is 0.210. The third kappa shape index (κ3) is 3.49. The van der Waals surface area contributed by atoms with Crippen LogP contribution in [0.3, 0.4) is 0 Å². The molecule has 3 nitrogen and oxygen atoms in total. The van der Waals surface area contributed by atoms with Gasteiger partial charge in [0.1, 0.15) is 0 Å². The Morgan fingerprint density at radius 2 is 1.74 bits per heavy atom. The van der Waals surface area contributed by atoms with E-state index in [1.807, 2.05) is 30.3 Å². The minimum Gasteiger partial charge on any atom is -0.399 e. The SMILES string of the molecule is Nc1ccc(Cl)c(S(=O)(=O)CCc2ccccc2)c1. The second kappa shape index (κ2) is 5.63. The lowest BCUT2D eigenvalue weighted by molar-refractivity contribution is 0.595. The Hall–Kier alpha value is -1.52. The van der Waals surface area contributed by atoms with Crippen LogP contribution in [0, 0.1) is 0 Å². The molecule has 0 unspecified atom stereocenters. The number of benzene rings is 2. The fraction of sp³-hybridized carbons (Fsp3) is 0.143. The molecule has 2 aromatic carbocycles. The first-order valence-electron chi connectivity index (χ1n) is 5.81. The van der Waals surface area contributed by atoms with Crippen LogP contribution >= 0.6 is 11.6 Å². The average Bonchev–Trinajstić information content (AvgIpc) is 2.40. The molecule has 19 heavy (non-hydrogen) atoms. The lowest BCUT2D eigenvalue weighted by atomic mass is 10.2. The fourth-order valence-corrected chi connectivity index (χ4v) is 3.64. The quantitative estimate of drug-likeness (QED) is 0.882. The van der Waals surface area contributed by atoms with E-state index < -0.39 is 9.84 Å². The highest BCUT2D eigenvalue weighted by molar-refractivity contribution is 7.91. The van der Waals surface area contributed by atoms with E-state index in [0.717, 1.165) is 5.56 Å². The topological polar surface area (TPSA) is 60.2 Å². The fourth-order valence-electron chi connectivity index (χ4n) is 1.77. The van der Waals surface area contributed by atoms with Gasteiger partial charge in [-0.2, -0.15) is 0 Å². The number of anilines is 1. The minimum absolute atomic E-state index is 0.0141. The maximum absolute atomic E-state index is 12.2. The van der Waals surface area contributed by atoms with Crippen LogP contribution in [0.4, 0.5) is 5.69 Å². The van der Waals surface area contributed by atoms with Crippen molar-refractivity contribution in [2.24, 2.45) is 0 Å². The first-order chi connectivity index (χ1) is 8.99. The number of hydrogen-bond donors (Lipinski definition) is 1. The van der Waals surface area contributed by atoms with Gasteiger partial charge < -0.3 is 5.73 Å². The van der Waals surface area contributed by atoms with Gasteiger partial charge >= 0.3 is 0 Å². The molecule has 0 bridgehead atoms. The standard InChI is InChI=1S/C14H14ClNO2S/c15-13-7-6-12(16)10-14(13)19(17,18)9-8-11-4-2-1-3-5-11/h1-7,10H,8-9,16H2. The zero-order valence-electron chi connectivity index (χ0n) is 10.2. The van der Waals surface area contributed by atoms with Crippen LogP contribution in [-0.2, 0) is 16.3 Å². The highest BCUT2D eigenvalue weighted by atomic mass is 35.5. The summed E-state index contributed by atoms with van der Waals surface area (Å²) in [6.07, 6.45) is 0.453. The first kappa shape index (κ1) is 13.9. The van der Waals surface area contributed by atoms with Gasteiger partial charge in [0, 0.05) is 5.69 Å². The van der Waals surface area contributed by atoms with Crippen molar-refractivity contribution in [2.75, 3.05) is 11.5 Å². The molecule has 0 aromatic heterocycles. The summed E-state index contributed by atoms with van der Waals surface area (Å²) < 4.78 is 24.5. The molecule has 0 fully saturated rings. The molecular weight excluding hydrogens is 282 g/mol. The zero-order valence-corrected chi connectivity index (χ0v) is 11.8. The van der Waals surface area contributed by atoms with Crippen LogP contribution in [0.25, 0.3) is 0 Å². The summed E-state index contributed by atoms with van der Waals surface area (Å²) in [6, 6.07) is 14.0. The molecule has 2 rings (SSSR count). The highest BCUT2D eigenvalue weighted by Gasteiger charge is 2.18. The first-order valence-corrected chi connectivity index (χ1v) is 7.84. The van der Waals surface area contributed by atoms with E-state index >= 15 is 0 Å². The van der Waals surface area contributed by atoms with Gasteiger partial charge in [-0.1, -0.05) is 41.9 Å². The van der Waals surface area contributed by atoms with Crippen molar-refractivity contribution in [1.29, 1.82) is 0 Å². The lowest BCUT2D eigenvalue weighted by Gasteiger charge is -2.07. The Labute approximate surface area is 117 Å². The van der Waals surface area contributed by atoms with Gasteiger partial charge in [0.15, 0.2) is 9.84 Å². The van der Waals surface area contributed by atoms with E-state index in [1.54, 1.807) is 6.07 Å². The van der Waals surface area contributed by atoms with Crippen LogP contribution in [0.5, 0.6) is 0 Å². The van der Waals surface area contributed by atoms with Crippen molar-refractivity contribution < 1.29 is 8.42 Å². The Kier molecular flexibility index (Phi) is 4.12. The predicted molar refractivity (Wildman–Crippen MR) is 78.1 cm³/mol. The molecule has 0 aliphatic carbocycles. The molecular formula is C14H14ClNO2S. The number of nitrogens with two attached hydrogens (primary N) is 1. The Balaban J connectivity index is 2.21. The van der Waals surface area contributed by atoms with Crippen molar-refractivity contribution in [1.82, 2.24) is 0 Å². The highest BCUT2D eigenvalue weighted by Crippen LogP contribution is 2.25. The molecule has 0 atom stereocenters. The number of rotatable bonds is 4. The van der Waals surface area contributed by atoms with E-state index in [1.165, 1.54) is 12.1 Å². The maximum Gasteiger partial charge on any atom is 0.180 e. The van der Waals surface area contributed by atoms with Crippen LogP contribution < -0.4 is 5.73 Å². The number of hydrogen-bond acceptors (Lipinski definition) is 3. The van der Waals surface area contributed by atoms with Gasteiger partial charge in [0.05, 0.1) is 15.7 Å². The largest absolute Gasteiger partial charge is 0.399 e. The van der Waals surface area contributed by atoms with Gasteiger partial charge in [-0.25, -0.2) is 8.42 Å².